The van der Waals surface area contributed by atoms with Crippen LogP contribution in [-0.2, 0) is 17.6 Å². The minimum absolute atomic E-state index is 0.276. The van der Waals surface area contributed by atoms with Gasteiger partial charge in [0.2, 0.25) is 0 Å². The molecular formula is C31H32ClNO3. The normalized spacial score (nSPS) is 12.9. The van der Waals surface area contributed by atoms with Crippen LogP contribution in [0.4, 0.5) is 0 Å². The highest BCUT2D eigenvalue weighted by molar-refractivity contribution is 6.31. The first kappa shape index (κ1) is 25.9. The van der Waals surface area contributed by atoms with E-state index in [1.807, 2.05) is 48.5 Å². The maximum atomic E-state index is 12.1. The predicted molar refractivity (Wildman–Crippen MR) is 146 cm³/mol. The highest BCUT2D eigenvalue weighted by atomic mass is 35.5. The quantitative estimate of drug-likeness (QED) is 0.229. The molecule has 4 nitrogen and oxygen atoms in total. The number of benzene rings is 3. The molecule has 186 valence electrons. The van der Waals surface area contributed by atoms with Crippen LogP contribution in [-0.4, -0.2) is 23.2 Å². The highest BCUT2D eigenvalue weighted by Crippen LogP contribution is 2.29. The molecule has 1 unspecified atom stereocenters. The standard InChI is InChI=1S/C31H32ClNO3/c1-3-7-24(28-16-13-23-12-15-26(32)20-29(23)33-28)18-21-8-6-10-25(19-21)30(34)17-14-22-9-4-5-11-27(22)31(35)36-2/h4-6,8-13,15-16,19-20,24,30,34H,3,7,14,17-18H2,1-2H3/t24?,30-/m0/s1. The van der Waals surface area contributed by atoms with Crippen molar-refractivity contribution in [2.75, 3.05) is 7.11 Å². The molecule has 4 rings (SSSR count). The first-order chi connectivity index (χ1) is 17.5. The maximum Gasteiger partial charge on any atom is 0.338 e. The number of halogens is 1. The van der Waals surface area contributed by atoms with Gasteiger partial charge in [-0.2, -0.15) is 0 Å². The summed E-state index contributed by atoms with van der Waals surface area (Å²) in [4.78, 5) is 17.0. The van der Waals surface area contributed by atoms with E-state index in [4.69, 9.17) is 21.3 Å². The topological polar surface area (TPSA) is 59.4 Å². The highest BCUT2D eigenvalue weighted by Gasteiger charge is 2.17. The van der Waals surface area contributed by atoms with Crippen LogP contribution in [0.5, 0.6) is 0 Å². The number of aromatic nitrogens is 1. The van der Waals surface area contributed by atoms with E-state index in [0.29, 0.717) is 23.4 Å². The van der Waals surface area contributed by atoms with Gasteiger partial charge in [-0.25, -0.2) is 4.79 Å². The fourth-order valence-corrected chi connectivity index (χ4v) is 4.92. The molecule has 0 amide bonds. The molecule has 0 aliphatic rings. The van der Waals surface area contributed by atoms with Crippen LogP contribution in [0.15, 0.2) is 78.9 Å². The molecule has 0 spiro atoms. The van der Waals surface area contributed by atoms with Gasteiger partial charge in [-0.15, -0.1) is 0 Å². The van der Waals surface area contributed by atoms with E-state index >= 15 is 0 Å². The van der Waals surface area contributed by atoms with Gasteiger partial charge in [0, 0.05) is 22.0 Å². The van der Waals surface area contributed by atoms with Crippen molar-refractivity contribution in [1.29, 1.82) is 0 Å². The molecule has 1 aromatic heterocycles. The van der Waals surface area contributed by atoms with E-state index in [-0.39, 0.29) is 11.9 Å². The minimum Gasteiger partial charge on any atom is -0.465 e. The lowest BCUT2D eigenvalue weighted by Gasteiger charge is -2.18. The summed E-state index contributed by atoms with van der Waals surface area (Å²) >= 11 is 6.20. The molecule has 36 heavy (non-hydrogen) atoms. The fraction of sp³-hybridized carbons (Fsp3) is 0.290. The molecule has 1 heterocycles. The van der Waals surface area contributed by atoms with Gasteiger partial charge in [0.05, 0.1) is 24.3 Å². The van der Waals surface area contributed by atoms with Crippen molar-refractivity contribution in [3.63, 3.8) is 0 Å². The summed E-state index contributed by atoms with van der Waals surface area (Å²) in [5.74, 6) is -0.0775. The van der Waals surface area contributed by atoms with Crippen LogP contribution in [0.3, 0.4) is 0 Å². The van der Waals surface area contributed by atoms with E-state index in [1.54, 1.807) is 6.07 Å². The van der Waals surface area contributed by atoms with Gasteiger partial charge >= 0.3 is 5.97 Å². The number of pyridine rings is 1. The molecule has 0 aliphatic heterocycles. The SMILES string of the molecule is CCCC(Cc1cccc([C@@H](O)CCc2ccccc2C(=O)OC)c1)c1ccc2ccc(Cl)cc2n1. The van der Waals surface area contributed by atoms with E-state index in [0.717, 1.165) is 47.0 Å². The van der Waals surface area contributed by atoms with Gasteiger partial charge < -0.3 is 9.84 Å². The van der Waals surface area contributed by atoms with Crippen LogP contribution in [0.25, 0.3) is 10.9 Å². The molecule has 3 aromatic carbocycles. The van der Waals surface area contributed by atoms with Crippen LogP contribution in [0.1, 0.15) is 71.0 Å². The number of nitrogens with zero attached hydrogens (tertiary/aromatic N) is 1. The summed E-state index contributed by atoms with van der Waals surface area (Å²) < 4.78 is 4.89. The Bertz CT molecular complexity index is 1340. The lowest BCUT2D eigenvalue weighted by Crippen LogP contribution is -2.08. The molecule has 0 saturated carbocycles. The van der Waals surface area contributed by atoms with Crippen LogP contribution >= 0.6 is 11.6 Å². The smallest absolute Gasteiger partial charge is 0.338 e. The van der Waals surface area contributed by atoms with Crippen molar-refractivity contribution in [1.82, 2.24) is 4.98 Å². The van der Waals surface area contributed by atoms with Gasteiger partial charge in [0.25, 0.3) is 0 Å². The fourth-order valence-electron chi connectivity index (χ4n) is 4.75. The Hall–Kier alpha value is -3.21. The second kappa shape index (κ2) is 12.2. The van der Waals surface area contributed by atoms with Gasteiger partial charge in [-0.1, -0.05) is 79.5 Å². The Labute approximate surface area is 217 Å². The number of ether oxygens (including phenoxy) is 1. The summed E-state index contributed by atoms with van der Waals surface area (Å²) in [6.07, 6.45) is 3.40. The number of methoxy groups -OCH3 is 1. The van der Waals surface area contributed by atoms with Gasteiger partial charge in [-0.05, 0) is 66.6 Å². The average Bonchev–Trinajstić information content (AvgIpc) is 2.91. The lowest BCUT2D eigenvalue weighted by atomic mass is 9.90. The molecule has 0 fully saturated rings. The second-order valence-electron chi connectivity index (χ2n) is 9.21. The largest absolute Gasteiger partial charge is 0.465 e. The zero-order chi connectivity index (χ0) is 25.5. The second-order valence-corrected chi connectivity index (χ2v) is 9.65. The number of fused-ring (bicyclic) bond motifs is 1. The number of rotatable bonds is 10. The Balaban J connectivity index is 1.49. The number of hydrogen-bond donors (Lipinski definition) is 1. The lowest BCUT2D eigenvalue weighted by molar-refractivity contribution is 0.0599. The number of esters is 1. The van der Waals surface area contributed by atoms with Gasteiger partial charge in [0.1, 0.15) is 0 Å². The summed E-state index contributed by atoms with van der Waals surface area (Å²) in [6.45, 7) is 2.19. The molecular weight excluding hydrogens is 470 g/mol. The number of hydrogen-bond acceptors (Lipinski definition) is 4. The zero-order valence-electron chi connectivity index (χ0n) is 20.8. The summed E-state index contributed by atoms with van der Waals surface area (Å²) in [5.41, 5.74) is 5.47. The van der Waals surface area contributed by atoms with Crippen LogP contribution in [0, 0.1) is 0 Å². The molecule has 0 bridgehead atoms. The van der Waals surface area contributed by atoms with Crippen molar-refractivity contribution in [2.45, 2.75) is 51.0 Å². The molecule has 4 aromatic rings. The first-order valence-electron chi connectivity index (χ1n) is 12.5. The number of aliphatic hydroxyl groups is 1. The van der Waals surface area contributed by atoms with Gasteiger partial charge in [0.15, 0.2) is 0 Å². The molecule has 1 N–H and O–H groups in total. The van der Waals surface area contributed by atoms with Crippen molar-refractivity contribution >= 4 is 28.5 Å². The maximum absolute atomic E-state index is 12.1. The third kappa shape index (κ3) is 6.31. The average molecular weight is 502 g/mol. The molecule has 0 radical (unpaired) electrons. The van der Waals surface area contributed by atoms with E-state index in [2.05, 4.69) is 31.2 Å². The molecule has 2 atom stereocenters. The van der Waals surface area contributed by atoms with Crippen LogP contribution < -0.4 is 0 Å². The molecule has 5 heteroatoms. The minimum atomic E-state index is -0.624. The molecule has 0 aliphatic carbocycles. The third-order valence-corrected chi connectivity index (χ3v) is 6.89. The van der Waals surface area contributed by atoms with E-state index in [9.17, 15) is 9.90 Å². The predicted octanol–water partition coefficient (Wildman–Crippen LogP) is 7.47. The monoisotopic (exact) mass is 501 g/mol. The van der Waals surface area contributed by atoms with E-state index in [1.165, 1.54) is 12.7 Å². The number of aryl methyl sites for hydroxylation is 1. The number of carbonyl (C=O) groups excluding carboxylic acids is 1. The van der Waals surface area contributed by atoms with Crippen molar-refractivity contribution in [2.24, 2.45) is 0 Å². The number of aliphatic hydroxyl groups excluding tert-OH is 1. The van der Waals surface area contributed by atoms with E-state index < -0.39 is 6.10 Å². The Kier molecular flexibility index (Phi) is 8.74. The first-order valence-corrected chi connectivity index (χ1v) is 12.9. The van der Waals surface area contributed by atoms with Crippen molar-refractivity contribution < 1.29 is 14.6 Å². The van der Waals surface area contributed by atoms with Crippen molar-refractivity contribution in [3.8, 4) is 0 Å². The Morgan fingerprint density at radius 2 is 1.81 bits per heavy atom. The van der Waals surface area contributed by atoms with Crippen LogP contribution in [0.2, 0.25) is 5.02 Å². The summed E-state index contributed by atoms with van der Waals surface area (Å²) in [5, 5.41) is 12.7. The zero-order valence-corrected chi connectivity index (χ0v) is 21.5. The Morgan fingerprint density at radius 1 is 1.00 bits per heavy atom. The summed E-state index contributed by atoms with van der Waals surface area (Å²) in [6, 6.07) is 25.6. The van der Waals surface area contributed by atoms with Gasteiger partial charge in [-0.3, -0.25) is 4.98 Å². The molecule has 0 saturated heterocycles. The Morgan fingerprint density at radius 3 is 2.61 bits per heavy atom. The van der Waals surface area contributed by atoms with Crippen molar-refractivity contribution in [3.05, 3.63) is 112 Å². The number of carbonyl (C=O) groups is 1. The third-order valence-electron chi connectivity index (χ3n) is 6.66. The summed E-state index contributed by atoms with van der Waals surface area (Å²) in [7, 11) is 1.38.